The monoisotopic (exact) mass is 226 g/mol. The van der Waals surface area contributed by atoms with Gasteiger partial charge in [0.1, 0.15) is 0 Å². The first-order valence-corrected chi connectivity index (χ1v) is 6.52. The van der Waals surface area contributed by atoms with Gasteiger partial charge in [0.05, 0.1) is 0 Å². The Bertz CT molecular complexity index is 215. The number of rotatable bonds is 5. The first-order chi connectivity index (χ1) is 7.74. The second-order valence-electron chi connectivity index (χ2n) is 4.53. The zero-order chi connectivity index (χ0) is 11.8. The number of aliphatic imine (C=N–C) groups is 1. The van der Waals surface area contributed by atoms with E-state index in [1.54, 1.807) is 0 Å². The van der Waals surface area contributed by atoms with Crippen molar-refractivity contribution in [1.29, 1.82) is 0 Å². The molecule has 0 amide bonds. The lowest BCUT2D eigenvalue weighted by Gasteiger charge is -2.33. The zero-order valence-electron chi connectivity index (χ0n) is 10.7. The first kappa shape index (κ1) is 13.3. The Morgan fingerprint density at radius 2 is 2.31 bits per heavy atom. The van der Waals surface area contributed by atoms with Gasteiger partial charge in [0.15, 0.2) is 5.96 Å². The number of hydrogen-bond donors (Lipinski definition) is 2. The maximum atomic E-state index is 5.66. The summed E-state index contributed by atoms with van der Waals surface area (Å²) in [7, 11) is 0. The van der Waals surface area contributed by atoms with Gasteiger partial charge < -0.3 is 16.0 Å². The van der Waals surface area contributed by atoms with E-state index in [2.05, 4.69) is 22.1 Å². The lowest BCUT2D eigenvalue weighted by Crippen LogP contribution is -2.38. The predicted octanol–water partition coefficient (Wildman–Crippen LogP) is 1.18. The van der Waals surface area contributed by atoms with Crippen LogP contribution in [0.2, 0.25) is 0 Å². The smallest absolute Gasteiger partial charge is 0.188 e. The third kappa shape index (κ3) is 4.84. The highest BCUT2D eigenvalue weighted by Gasteiger charge is 2.16. The van der Waals surface area contributed by atoms with Gasteiger partial charge in [-0.3, -0.25) is 4.99 Å². The summed E-state index contributed by atoms with van der Waals surface area (Å²) in [5.41, 5.74) is 5.66. The van der Waals surface area contributed by atoms with E-state index in [1.165, 1.54) is 25.8 Å². The highest BCUT2D eigenvalue weighted by Crippen LogP contribution is 2.16. The molecule has 1 fully saturated rings. The van der Waals surface area contributed by atoms with Crippen LogP contribution < -0.4 is 11.1 Å². The number of nitrogens with zero attached hydrogens (tertiary/aromatic N) is 2. The van der Waals surface area contributed by atoms with E-state index < -0.39 is 0 Å². The average Bonchev–Trinajstić information content (AvgIpc) is 2.27. The number of piperidine rings is 1. The van der Waals surface area contributed by atoms with Gasteiger partial charge in [0, 0.05) is 25.7 Å². The van der Waals surface area contributed by atoms with E-state index in [9.17, 15) is 0 Å². The van der Waals surface area contributed by atoms with Crippen molar-refractivity contribution in [2.45, 2.75) is 45.6 Å². The molecule has 0 spiro atoms. The Morgan fingerprint density at radius 3 is 3.00 bits per heavy atom. The molecule has 0 saturated carbocycles. The summed E-state index contributed by atoms with van der Waals surface area (Å²) in [6.45, 7) is 8.45. The molecular weight excluding hydrogens is 200 g/mol. The minimum atomic E-state index is 0.578. The van der Waals surface area contributed by atoms with Gasteiger partial charge in [-0.2, -0.15) is 0 Å². The second-order valence-corrected chi connectivity index (χ2v) is 4.53. The highest BCUT2D eigenvalue weighted by atomic mass is 15.2. The molecule has 0 aromatic carbocycles. The molecule has 94 valence electrons. The SMILES string of the molecule is CCNC(N)=NCCCN1CCCCC1C. The van der Waals surface area contributed by atoms with Crippen LogP contribution in [-0.2, 0) is 0 Å². The van der Waals surface area contributed by atoms with Crippen LogP contribution in [0.4, 0.5) is 0 Å². The second kappa shape index (κ2) is 7.49. The summed E-state index contributed by atoms with van der Waals surface area (Å²) in [5.74, 6) is 0.578. The average molecular weight is 226 g/mol. The summed E-state index contributed by atoms with van der Waals surface area (Å²) < 4.78 is 0. The van der Waals surface area contributed by atoms with Gasteiger partial charge in [-0.05, 0) is 39.7 Å². The van der Waals surface area contributed by atoms with Gasteiger partial charge in [0.25, 0.3) is 0 Å². The van der Waals surface area contributed by atoms with Gasteiger partial charge >= 0.3 is 0 Å². The molecule has 1 atom stereocenters. The van der Waals surface area contributed by atoms with E-state index >= 15 is 0 Å². The van der Waals surface area contributed by atoms with Crippen LogP contribution in [0.5, 0.6) is 0 Å². The Hall–Kier alpha value is -0.770. The Morgan fingerprint density at radius 1 is 1.50 bits per heavy atom. The minimum absolute atomic E-state index is 0.578. The van der Waals surface area contributed by atoms with Gasteiger partial charge in [-0.25, -0.2) is 0 Å². The fraction of sp³-hybridized carbons (Fsp3) is 0.917. The number of nitrogens with one attached hydrogen (secondary N) is 1. The van der Waals surface area contributed by atoms with Crippen LogP contribution in [0.25, 0.3) is 0 Å². The normalized spacial score (nSPS) is 23.4. The van der Waals surface area contributed by atoms with Crippen LogP contribution in [0.3, 0.4) is 0 Å². The van der Waals surface area contributed by atoms with Crippen molar-refractivity contribution in [3.63, 3.8) is 0 Å². The largest absolute Gasteiger partial charge is 0.370 e. The van der Waals surface area contributed by atoms with Crippen LogP contribution in [0.15, 0.2) is 4.99 Å². The summed E-state index contributed by atoms with van der Waals surface area (Å²) in [6, 6.07) is 0.754. The van der Waals surface area contributed by atoms with Crippen molar-refractivity contribution >= 4 is 5.96 Å². The molecule has 3 N–H and O–H groups in total. The number of hydrogen-bond acceptors (Lipinski definition) is 2. The summed E-state index contributed by atoms with van der Waals surface area (Å²) in [6.07, 6.45) is 5.20. The van der Waals surface area contributed by atoms with Crippen molar-refractivity contribution < 1.29 is 0 Å². The molecule has 1 unspecified atom stereocenters. The summed E-state index contributed by atoms with van der Waals surface area (Å²) >= 11 is 0. The highest BCUT2D eigenvalue weighted by molar-refractivity contribution is 5.77. The third-order valence-corrected chi connectivity index (χ3v) is 3.18. The lowest BCUT2D eigenvalue weighted by atomic mass is 10.0. The van der Waals surface area contributed by atoms with Crippen molar-refractivity contribution in [3.8, 4) is 0 Å². The molecule has 1 saturated heterocycles. The van der Waals surface area contributed by atoms with Gasteiger partial charge in [-0.1, -0.05) is 6.42 Å². The Balaban J connectivity index is 2.12. The molecule has 1 heterocycles. The fourth-order valence-electron chi connectivity index (χ4n) is 2.20. The molecule has 1 aliphatic rings. The van der Waals surface area contributed by atoms with Crippen LogP contribution in [0, 0.1) is 0 Å². The molecule has 0 aromatic rings. The maximum absolute atomic E-state index is 5.66. The lowest BCUT2D eigenvalue weighted by molar-refractivity contribution is 0.160. The van der Waals surface area contributed by atoms with E-state index in [0.29, 0.717) is 5.96 Å². The van der Waals surface area contributed by atoms with E-state index in [4.69, 9.17) is 5.73 Å². The molecule has 4 nitrogen and oxygen atoms in total. The molecule has 1 aliphatic heterocycles. The Labute approximate surface area is 99.3 Å². The summed E-state index contributed by atoms with van der Waals surface area (Å²) in [5, 5.41) is 3.01. The van der Waals surface area contributed by atoms with E-state index in [0.717, 1.165) is 32.1 Å². The molecule has 0 bridgehead atoms. The van der Waals surface area contributed by atoms with Crippen LogP contribution in [0.1, 0.15) is 39.5 Å². The molecule has 0 aromatic heterocycles. The first-order valence-electron chi connectivity index (χ1n) is 6.52. The van der Waals surface area contributed by atoms with Crippen molar-refractivity contribution in [2.24, 2.45) is 10.7 Å². The van der Waals surface area contributed by atoms with Gasteiger partial charge in [-0.15, -0.1) is 0 Å². The Kier molecular flexibility index (Phi) is 6.23. The summed E-state index contributed by atoms with van der Waals surface area (Å²) in [4.78, 5) is 6.85. The minimum Gasteiger partial charge on any atom is -0.370 e. The van der Waals surface area contributed by atoms with E-state index in [1.807, 2.05) is 6.92 Å². The quantitative estimate of drug-likeness (QED) is 0.420. The number of nitrogens with two attached hydrogens (primary N) is 1. The third-order valence-electron chi connectivity index (χ3n) is 3.18. The van der Waals surface area contributed by atoms with Crippen LogP contribution >= 0.6 is 0 Å². The topological polar surface area (TPSA) is 53.6 Å². The molecule has 4 heteroatoms. The maximum Gasteiger partial charge on any atom is 0.188 e. The van der Waals surface area contributed by atoms with Crippen molar-refractivity contribution in [2.75, 3.05) is 26.2 Å². The number of likely N-dealkylation sites (tertiary alicyclic amines) is 1. The van der Waals surface area contributed by atoms with E-state index in [-0.39, 0.29) is 0 Å². The molecule has 16 heavy (non-hydrogen) atoms. The van der Waals surface area contributed by atoms with Crippen LogP contribution in [-0.4, -0.2) is 43.1 Å². The van der Waals surface area contributed by atoms with Gasteiger partial charge in [0.2, 0.25) is 0 Å². The fourth-order valence-corrected chi connectivity index (χ4v) is 2.20. The number of guanidine groups is 1. The molecule has 0 radical (unpaired) electrons. The van der Waals surface area contributed by atoms with Crippen molar-refractivity contribution in [3.05, 3.63) is 0 Å². The molecule has 1 rings (SSSR count). The molecular formula is C12H26N4. The molecule has 0 aliphatic carbocycles. The van der Waals surface area contributed by atoms with Crippen molar-refractivity contribution in [1.82, 2.24) is 10.2 Å². The standard InChI is InChI=1S/C12H26N4/c1-3-14-12(13)15-8-6-10-16-9-5-4-7-11(16)2/h11H,3-10H2,1-2H3,(H3,13,14,15). The predicted molar refractivity (Wildman–Crippen MR) is 69.7 cm³/mol. The zero-order valence-corrected chi connectivity index (χ0v) is 10.7.